The normalized spacial score (nSPS) is 18.0. The molecule has 0 atom stereocenters. The topological polar surface area (TPSA) is 45.4 Å². The molecule has 2 heterocycles. The van der Waals surface area contributed by atoms with Gasteiger partial charge < -0.3 is 14.7 Å². The standard InChI is InChI=1S/C10H12ClNO3/c1-7-9(11)5-8(6-12(7)13)10-14-3-2-4-15-10/h5-6,10H,2-4H2,1H3. The minimum Gasteiger partial charge on any atom is -0.618 e. The minimum absolute atomic E-state index is 0.431. The molecule has 82 valence electrons. The number of nitrogens with zero attached hydrogens (tertiary/aromatic N) is 1. The van der Waals surface area contributed by atoms with Gasteiger partial charge >= 0.3 is 0 Å². The Morgan fingerprint density at radius 2 is 2.13 bits per heavy atom. The first kappa shape index (κ1) is 10.7. The van der Waals surface area contributed by atoms with Gasteiger partial charge in [-0.1, -0.05) is 11.6 Å². The van der Waals surface area contributed by atoms with Gasteiger partial charge in [-0.05, 0) is 12.5 Å². The lowest BCUT2D eigenvalue weighted by atomic mass is 10.2. The van der Waals surface area contributed by atoms with Crippen LogP contribution in [0.25, 0.3) is 0 Å². The summed E-state index contributed by atoms with van der Waals surface area (Å²) in [6.07, 6.45) is 1.86. The first-order valence-electron chi connectivity index (χ1n) is 4.81. The molecule has 0 unspecified atom stereocenters. The van der Waals surface area contributed by atoms with Crippen molar-refractivity contribution in [2.45, 2.75) is 19.6 Å². The summed E-state index contributed by atoms with van der Waals surface area (Å²) in [5.74, 6) is 0. The molecule has 0 radical (unpaired) electrons. The highest BCUT2D eigenvalue weighted by Gasteiger charge is 2.21. The van der Waals surface area contributed by atoms with Crippen molar-refractivity contribution in [3.63, 3.8) is 0 Å². The van der Waals surface area contributed by atoms with E-state index in [1.165, 1.54) is 6.20 Å². The Morgan fingerprint density at radius 1 is 1.47 bits per heavy atom. The number of pyridine rings is 1. The summed E-state index contributed by atoms with van der Waals surface area (Å²) in [6, 6.07) is 1.71. The van der Waals surface area contributed by atoms with E-state index in [0.717, 1.165) is 11.2 Å². The highest BCUT2D eigenvalue weighted by molar-refractivity contribution is 6.31. The first-order valence-corrected chi connectivity index (χ1v) is 5.18. The Balaban J connectivity index is 2.27. The second-order valence-corrected chi connectivity index (χ2v) is 3.87. The molecular weight excluding hydrogens is 218 g/mol. The Hall–Kier alpha value is -0.840. The Bertz CT molecular complexity index is 341. The molecule has 0 spiro atoms. The summed E-state index contributed by atoms with van der Waals surface area (Å²) in [5, 5.41) is 11.9. The zero-order chi connectivity index (χ0) is 10.8. The predicted octanol–water partition coefficient (Wildman–Crippen LogP) is 1.72. The first-order chi connectivity index (χ1) is 7.18. The van der Waals surface area contributed by atoms with E-state index < -0.39 is 6.29 Å². The van der Waals surface area contributed by atoms with Crippen LogP contribution in [0.1, 0.15) is 24.0 Å². The summed E-state index contributed by atoms with van der Waals surface area (Å²) in [7, 11) is 0. The third kappa shape index (κ3) is 2.22. The van der Waals surface area contributed by atoms with Gasteiger partial charge in [-0.15, -0.1) is 0 Å². The van der Waals surface area contributed by atoms with Crippen LogP contribution in [0.3, 0.4) is 0 Å². The number of hydrogen-bond donors (Lipinski definition) is 0. The molecule has 1 fully saturated rings. The Kier molecular flexibility index (Phi) is 3.09. The molecular formula is C10H12ClNO3. The molecule has 15 heavy (non-hydrogen) atoms. The van der Waals surface area contributed by atoms with Crippen molar-refractivity contribution in [3.05, 3.63) is 33.8 Å². The molecule has 1 aliphatic heterocycles. The molecule has 0 N–H and O–H groups in total. The molecule has 0 saturated carbocycles. The van der Waals surface area contributed by atoms with E-state index in [1.807, 2.05) is 0 Å². The van der Waals surface area contributed by atoms with Crippen molar-refractivity contribution in [1.82, 2.24) is 0 Å². The van der Waals surface area contributed by atoms with Crippen molar-refractivity contribution in [2.24, 2.45) is 0 Å². The lowest BCUT2D eigenvalue weighted by Gasteiger charge is -2.22. The van der Waals surface area contributed by atoms with Gasteiger partial charge in [0.2, 0.25) is 5.69 Å². The summed E-state index contributed by atoms with van der Waals surface area (Å²) >= 11 is 5.91. The average molecular weight is 230 g/mol. The van der Waals surface area contributed by atoms with Crippen molar-refractivity contribution in [2.75, 3.05) is 13.2 Å². The van der Waals surface area contributed by atoms with Crippen LogP contribution < -0.4 is 4.73 Å². The van der Waals surface area contributed by atoms with Crippen LogP contribution in [-0.2, 0) is 9.47 Å². The molecule has 0 bridgehead atoms. The largest absolute Gasteiger partial charge is 0.618 e. The average Bonchev–Trinajstić information content (AvgIpc) is 2.26. The molecule has 0 amide bonds. The fraction of sp³-hybridized carbons (Fsp3) is 0.500. The van der Waals surface area contributed by atoms with Gasteiger partial charge in [0.05, 0.1) is 18.8 Å². The van der Waals surface area contributed by atoms with Gasteiger partial charge in [0.1, 0.15) is 5.02 Å². The molecule has 4 nitrogen and oxygen atoms in total. The summed E-state index contributed by atoms with van der Waals surface area (Å²) < 4.78 is 11.5. The fourth-order valence-electron chi connectivity index (χ4n) is 1.43. The molecule has 2 rings (SSSR count). The molecule has 1 aromatic rings. The quantitative estimate of drug-likeness (QED) is 0.544. The van der Waals surface area contributed by atoms with Crippen molar-refractivity contribution < 1.29 is 14.2 Å². The van der Waals surface area contributed by atoms with Crippen molar-refractivity contribution >= 4 is 11.6 Å². The number of aromatic nitrogens is 1. The Morgan fingerprint density at radius 3 is 2.73 bits per heavy atom. The van der Waals surface area contributed by atoms with Gasteiger partial charge in [-0.2, -0.15) is 4.73 Å². The highest BCUT2D eigenvalue weighted by atomic mass is 35.5. The van der Waals surface area contributed by atoms with Gasteiger partial charge in [0.25, 0.3) is 0 Å². The van der Waals surface area contributed by atoms with E-state index in [2.05, 4.69) is 0 Å². The third-order valence-corrected chi connectivity index (χ3v) is 2.72. The second kappa shape index (κ2) is 4.35. The van der Waals surface area contributed by atoms with Crippen LogP contribution in [0.4, 0.5) is 0 Å². The SMILES string of the molecule is Cc1c(Cl)cc(C2OCCCO2)c[n+]1[O-]. The molecule has 1 saturated heterocycles. The van der Waals surface area contributed by atoms with Crippen LogP contribution in [0.5, 0.6) is 0 Å². The van der Waals surface area contributed by atoms with Gasteiger partial charge in [0, 0.05) is 6.92 Å². The molecule has 0 aliphatic carbocycles. The zero-order valence-corrected chi connectivity index (χ0v) is 9.16. The molecule has 0 aromatic carbocycles. The summed E-state index contributed by atoms with van der Waals surface area (Å²) in [6.45, 7) is 2.96. The lowest BCUT2D eigenvalue weighted by molar-refractivity contribution is -0.613. The second-order valence-electron chi connectivity index (χ2n) is 3.46. The van der Waals surface area contributed by atoms with E-state index in [4.69, 9.17) is 21.1 Å². The number of halogens is 1. The van der Waals surface area contributed by atoms with Crippen LogP contribution in [0, 0.1) is 12.1 Å². The van der Waals surface area contributed by atoms with E-state index >= 15 is 0 Å². The zero-order valence-electron chi connectivity index (χ0n) is 8.40. The molecule has 1 aromatic heterocycles. The molecule has 1 aliphatic rings. The van der Waals surface area contributed by atoms with E-state index in [-0.39, 0.29) is 0 Å². The highest BCUT2D eigenvalue weighted by Crippen LogP contribution is 2.24. The maximum Gasteiger partial charge on any atom is 0.208 e. The number of rotatable bonds is 1. The summed E-state index contributed by atoms with van der Waals surface area (Å²) in [4.78, 5) is 0. The van der Waals surface area contributed by atoms with Crippen LogP contribution >= 0.6 is 11.6 Å². The van der Waals surface area contributed by atoms with Gasteiger partial charge in [0.15, 0.2) is 12.5 Å². The molecule has 5 heteroatoms. The minimum atomic E-state index is -0.461. The summed E-state index contributed by atoms with van der Waals surface area (Å²) in [5.41, 5.74) is 1.15. The smallest absolute Gasteiger partial charge is 0.208 e. The maximum atomic E-state index is 11.4. The number of hydrogen-bond acceptors (Lipinski definition) is 3. The van der Waals surface area contributed by atoms with E-state index in [9.17, 15) is 5.21 Å². The van der Waals surface area contributed by atoms with Crippen molar-refractivity contribution in [3.8, 4) is 0 Å². The maximum absolute atomic E-state index is 11.4. The van der Waals surface area contributed by atoms with Crippen LogP contribution in [0.15, 0.2) is 12.3 Å². The van der Waals surface area contributed by atoms with Gasteiger partial charge in [-0.25, -0.2) is 0 Å². The third-order valence-electron chi connectivity index (χ3n) is 2.34. The lowest BCUT2D eigenvalue weighted by Crippen LogP contribution is -2.32. The van der Waals surface area contributed by atoms with E-state index in [0.29, 0.717) is 29.5 Å². The van der Waals surface area contributed by atoms with Gasteiger partial charge in [-0.3, -0.25) is 0 Å². The monoisotopic (exact) mass is 229 g/mol. The van der Waals surface area contributed by atoms with Crippen LogP contribution in [0.2, 0.25) is 5.02 Å². The Labute approximate surface area is 93.0 Å². The van der Waals surface area contributed by atoms with E-state index in [1.54, 1.807) is 13.0 Å². The van der Waals surface area contributed by atoms with Crippen LogP contribution in [-0.4, -0.2) is 13.2 Å². The number of ether oxygens (including phenoxy) is 2. The fourth-order valence-corrected chi connectivity index (χ4v) is 1.64. The van der Waals surface area contributed by atoms with Crippen molar-refractivity contribution in [1.29, 1.82) is 0 Å². The predicted molar refractivity (Wildman–Crippen MR) is 54.4 cm³/mol.